The van der Waals surface area contributed by atoms with Crippen molar-refractivity contribution in [2.45, 2.75) is 37.7 Å². The maximum absolute atomic E-state index is 8.72. The molecule has 1 heterocycles. The van der Waals surface area contributed by atoms with E-state index in [1.165, 1.54) is 5.56 Å². The first-order chi connectivity index (χ1) is 9.36. The molecule has 0 saturated heterocycles. The maximum Gasteiger partial charge on any atom is 0.123 e. The van der Waals surface area contributed by atoms with Gasteiger partial charge in [0, 0.05) is 11.5 Å². The molecule has 0 spiro atoms. The van der Waals surface area contributed by atoms with Crippen LogP contribution in [0, 0.1) is 0 Å². The van der Waals surface area contributed by atoms with Gasteiger partial charge >= 0.3 is 0 Å². The van der Waals surface area contributed by atoms with Gasteiger partial charge in [-0.1, -0.05) is 23.4 Å². The minimum absolute atomic E-state index is 0.290. The predicted molar refractivity (Wildman–Crippen MR) is 72.1 cm³/mol. The lowest BCUT2D eigenvalue weighted by molar-refractivity contribution is 0.0279. The lowest BCUT2D eigenvalue weighted by Crippen LogP contribution is -2.24. The van der Waals surface area contributed by atoms with Gasteiger partial charge in [0.15, 0.2) is 0 Å². The van der Waals surface area contributed by atoms with E-state index in [-0.39, 0.29) is 0 Å². The summed E-state index contributed by atoms with van der Waals surface area (Å²) in [5.74, 6) is 1.35. The van der Waals surface area contributed by atoms with Crippen LogP contribution in [0.1, 0.15) is 37.2 Å². The minimum Gasteiger partial charge on any atom is -0.493 e. The summed E-state index contributed by atoms with van der Waals surface area (Å²) in [5.41, 5.74) is 2.16. The van der Waals surface area contributed by atoms with Crippen molar-refractivity contribution in [3.8, 4) is 5.75 Å². The van der Waals surface area contributed by atoms with Crippen LogP contribution in [0.5, 0.6) is 5.75 Å². The molecule has 1 aliphatic carbocycles. The summed E-state index contributed by atoms with van der Waals surface area (Å²) >= 11 is 0. The van der Waals surface area contributed by atoms with Gasteiger partial charge in [-0.3, -0.25) is 0 Å². The number of para-hydroxylation sites is 1. The Morgan fingerprint density at radius 3 is 2.84 bits per heavy atom. The number of hydrogen-bond donors (Lipinski definition) is 1. The molecule has 1 aliphatic heterocycles. The lowest BCUT2D eigenvalue weighted by atomic mass is 9.95. The standard InChI is InChI=1S/C15H19NO3/c17-16-12-5-7-13(8-6-12)18-9-11-10-19-15-4-2-1-3-14(11)15/h1-4,11,13,17H,5-10H2. The van der Waals surface area contributed by atoms with E-state index in [0.717, 1.165) is 43.8 Å². The van der Waals surface area contributed by atoms with Crippen LogP contribution in [0.25, 0.3) is 0 Å². The molecule has 1 saturated carbocycles. The van der Waals surface area contributed by atoms with E-state index in [1.807, 2.05) is 18.2 Å². The first-order valence-electron chi connectivity index (χ1n) is 6.90. The van der Waals surface area contributed by atoms with E-state index >= 15 is 0 Å². The first-order valence-corrected chi connectivity index (χ1v) is 6.90. The third-order valence-electron chi connectivity index (χ3n) is 3.98. The van der Waals surface area contributed by atoms with Crippen molar-refractivity contribution in [2.24, 2.45) is 5.16 Å². The topological polar surface area (TPSA) is 51.1 Å². The Morgan fingerprint density at radius 2 is 2.05 bits per heavy atom. The number of nitrogens with zero attached hydrogens (tertiary/aromatic N) is 1. The number of rotatable bonds is 3. The molecule has 1 unspecified atom stereocenters. The largest absolute Gasteiger partial charge is 0.493 e. The summed E-state index contributed by atoms with van der Waals surface area (Å²) < 4.78 is 11.7. The molecule has 4 heteroatoms. The molecule has 1 N–H and O–H groups in total. The molecule has 1 aromatic carbocycles. The number of benzene rings is 1. The summed E-state index contributed by atoms with van der Waals surface area (Å²) in [6.45, 7) is 1.43. The molecule has 19 heavy (non-hydrogen) atoms. The zero-order valence-electron chi connectivity index (χ0n) is 10.9. The van der Waals surface area contributed by atoms with E-state index in [4.69, 9.17) is 14.7 Å². The van der Waals surface area contributed by atoms with Crippen molar-refractivity contribution in [1.82, 2.24) is 0 Å². The van der Waals surface area contributed by atoms with Gasteiger partial charge in [0.25, 0.3) is 0 Å². The van der Waals surface area contributed by atoms with Crippen LogP contribution in [0.15, 0.2) is 29.4 Å². The maximum atomic E-state index is 8.72. The monoisotopic (exact) mass is 261 g/mol. The van der Waals surface area contributed by atoms with Gasteiger partial charge < -0.3 is 14.7 Å². The Balaban J connectivity index is 1.51. The van der Waals surface area contributed by atoms with E-state index in [0.29, 0.717) is 18.6 Å². The Bertz CT molecular complexity index is 462. The fraction of sp³-hybridized carbons (Fsp3) is 0.533. The summed E-state index contributed by atoms with van der Waals surface area (Å²) in [7, 11) is 0. The molecular weight excluding hydrogens is 242 g/mol. The summed E-state index contributed by atoms with van der Waals surface area (Å²) in [4.78, 5) is 0. The van der Waals surface area contributed by atoms with Crippen molar-refractivity contribution in [3.05, 3.63) is 29.8 Å². The van der Waals surface area contributed by atoms with Gasteiger partial charge in [0.2, 0.25) is 0 Å². The van der Waals surface area contributed by atoms with Crippen LogP contribution in [0.3, 0.4) is 0 Å². The molecule has 2 aliphatic rings. The molecule has 102 valence electrons. The Morgan fingerprint density at radius 1 is 1.26 bits per heavy atom. The third kappa shape index (κ3) is 2.73. The fourth-order valence-corrected chi connectivity index (χ4v) is 2.81. The minimum atomic E-state index is 0.290. The average Bonchev–Trinajstić information content (AvgIpc) is 2.89. The molecular formula is C15H19NO3. The van der Waals surface area contributed by atoms with Crippen LogP contribution in [-0.4, -0.2) is 30.2 Å². The average molecular weight is 261 g/mol. The summed E-state index contributed by atoms with van der Waals surface area (Å²) in [6, 6.07) is 8.18. The number of fused-ring (bicyclic) bond motifs is 1. The number of ether oxygens (including phenoxy) is 2. The van der Waals surface area contributed by atoms with E-state index in [1.54, 1.807) is 0 Å². The Labute approximate surface area is 113 Å². The van der Waals surface area contributed by atoms with Gasteiger partial charge in [-0.25, -0.2) is 0 Å². The molecule has 0 amide bonds. The second-order valence-corrected chi connectivity index (χ2v) is 5.24. The van der Waals surface area contributed by atoms with Crippen molar-refractivity contribution in [2.75, 3.05) is 13.2 Å². The quantitative estimate of drug-likeness (QED) is 0.672. The van der Waals surface area contributed by atoms with Gasteiger partial charge in [0.05, 0.1) is 25.0 Å². The van der Waals surface area contributed by atoms with Gasteiger partial charge in [-0.2, -0.15) is 0 Å². The zero-order chi connectivity index (χ0) is 13.1. The Hall–Kier alpha value is -1.55. The van der Waals surface area contributed by atoms with E-state index < -0.39 is 0 Å². The van der Waals surface area contributed by atoms with E-state index in [9.17, 15) is 0 Å². The van der Waals surface area contributed by atoms with Crippen LogP contribution in [0.4, 0.5) is 0 Å². The molecule has 1 atom stereocenters. The van der Waals surface area contributed by atoms with Crippen molar-refractivity contribution in [1.29, 1.82) is 0 Å². The second kappa shape index (κ2) is 5.61. The van der Waals surface area contributed by atoms with E-state index in [2.05, 4.69) is 11.2 Å². The predicted octanol–water partition coefficient (Wildman–Crippen LogP) is 2.95. The van der Waals surface area contributed by atoms with Crippen LogP contribution in [-0.2, 0) is 4.74 Å². The second-order valence-electron chi connectivity index (χ2n) is 5.24. The Kier molecular flexibility index (Phi) is 3.69. The number of oxime groups is 1. The van der Waals surface area contributed by atoms with Crippen LogP contribution < -0.4 is 4.74 Å². The van der Waals surface area contributed by atoms with Crippen molar-refractivity contribution < 1.29 is 14.7 Å². The van der Waals surface area contributed by atoms with Crippen molar-refractivity contribution >= 4 is 5.71 Å². The first kappa shape index (κ1) is 12.5. The normalized spacial score (nSPS) is 25.8. The molecule has 0 bridgehead atoms. The van der Waals surface area contributed by atoms with Crippen LogP contribution in [0.2, 0.25) is 0 Å². The van der Waals surface area contributed by atoms with Gasteiger partial charge in [-0.05, 0) is 31.7 Å². The highest BCUT2D eigenvalue weighted by Gasteiger charge is 2.26. The van der Waals surface area contributed by atoms with Gasteiger partial charge in [0.1, 0.15) is 5.75 Å². The highest BCUT2D eigenvalue weighted by molar-refractivity contribution is 5.84. The SMILES string of the molecule is ON=C1CCC(OCC2COc3ccccc32)CC1. The molecule has 1 fully saturated rings. The summed E-state index contributed by atoms with van der Waals surface area (Å²) in [6.07, 6.45) is 3.89. The molecule has 0 radical (unpaired) electrons. The smallest absolute Gasteiger partial charge is 0.123 e. The third-order valence-corrected chi connectivity index (χ3v) is 3.98. The zero-order valence-corrected chi connectivity index (χ0v) is 10.9. The van der Waals surface area contributed by atoms with Crippen LogP contribution >= 0.6 is 0 Å². The summed E-state index contributed by atoms with van der Waals surface area (Å²) in [5, 5.41) is 12.0. The fourth-order valence-electron chi connectivity index (χ4n) is 2.81. The molecule has 0 aromatic heterocycles. The van der Waals surface area contributed by atoms with Crippen molar-refractivity contribution in [3.63, 3.8) is 0 Å². The molecule has 3 rings (SSSR count). The highest BCUT2D eigenvalue weighted by atomic mass is 16.5. The highest BCUT2D eigenvalue weighted by Crippen LogP contribution is 2.34. The molecule has 1 aromatic rings. The van der Waals surface area contributed by atoms with Gasteiger partial charge in [-0.15, -0.1) is 0 Å². The molecule has 4 nitrogen and oxygen atoms in total. The lowest BCUT2D eigenvalue weighted by Gasteiger charge is -2.24. The number of hydrogen-bond acceptors (Lipinski definition) is 4.